The average Bonchev–Trinajstić information content (AvgIpc) is 3.18. The van der Waals surface area contributed by atoms with Crippen molar-refractivity contribution in [2.45, 2.75) is 25.2 Å². The van der Waals surface area contributed by atoms with Crippen LogP contribution in [0.15, 0.2) is 28.7 Å². The highest BCUT2D eigenvalue weighted by Crippen LogP contribution is 2.43. The van der Waals surface area contributed by atoms with Crippen molar-refractivity contribution in [2.24, 2.45) is 0 Å². The number of hydrogen-bond acceptors (Lipinski definition) is 3. The number of rotatable bonds is 3. The third kappa shape index (κ3) is 2.90. The summed E-state index contributed by atoms with van der Waals surface area (Å²) >= 11 is 9.47. The summed E-state index contributed by atoms with van der Waals surface area (Å²) in [6.45, 7) is 0. The number of benzene rings is 1. The minimum atomic E-state index is 0.522. The SMILES string of the molecule is Nc1nc(Cc2cccc(Cl)c2)nc(C2CC2)c1Br. The maximum absolute atomic E-state index is 5.99. The monoisotopic (exact) mass is 337 g/mol. The molecule has 0 amide bonds. The number of aromatic nitrogens is 2. The van der Waals surface area contributed by atoms with Crippen LogP contribution < -0.4 is 5.73 Å². The van der Waals surface area contributed by atoms with E-state index in [2.05, 4.69) is 25.9 Å². The number of nitrogen functional groups attached to an aromatic ring is 1. The molecule has 0 atom stereocenters. The van der Waals surface area contributed by atoms with Crippen LogP contribution in [-0.2, 0) is 6.42 Å². The standard InChI is InChI=1S/C14H13BrClN3/c15-12-13(9-4-5-9)18-11(19-14(12)17)7-8-2-1-3-10(16)6-8/h1-3,6,9H,4-5,7H2,(H2,17,18,19). The zero-order valence-electron chi connectivity index (χ0n) is 10.2. The molecule has 1 saturated carbocycles. The fourth-order valence-corrected chi connectivity index (χ4v) is 2.78. The lowest BCUT2D eigenvalue weighted by Gasteiger charge is -2.08. The Morgan fingerprint density at radius 3 is 2.79 bits per heavy atom. The lowest BCUT2D eigenvalue weighted by molar-refractivity contribution is 0.895. The zero-order valence-corrected chi connectivity index (χ0v) is 12.6. The molecule has 1 heterocycles. The van der Waals surface area contributed by atoms with E-state index in [1.165, 1.54) is 12.8 Å². The first-order chi connectivity index (χ1) is 9.13. The second kappa shape index (κ2) is 5.10. The maximum atomic E-state index is 5.99. The van der Waals surface area contributed by atoms with E-state index >= 15 is 0 Å². The van der Waals surface area contributed by atoms with Crippen LogP contribution in [0.4, 0.5) is 5.82 Å². The Labute approximate surface area is 125 Å². The minimum Gasteiger partial charge on any atom is -0.383 e. The Bertz CT molecular complexity index is 626. The first kappa shape index (κ1) is 12.9. The van der Waals surface area contributed by atoms with Crippen molar-refractivity contribution in [3.8, 4) is 0 Å². The number of nitrogens with zero attached hydrogens (tertiary/aromatic N) is 2. The Kier molecular flexibility index (Phi) is 3.46. The highest BCUT2D eigenvalue weighted by atomic mass is 79.9. The Balaban J connectivity index is 1.92. The van der Waals surface area contributed by atoms with Crippen LogP contribution >= 0.6 is 27.5 Å². The van der Waals surface area contributed by atoms with Gasteiger partial charge in [-0.25, -0.2) is 9.97 Å². The van der Waals surface area contributed by atoms with Crippen molar-refractivity contribution in [3.63, 3.8) is 0 Å². The summed E-state index contributed by atoms with van der Waals surface area (Å²) in [6, 6.07) is 7.74. The van der Waals surface area contributed by atoms with Crippen molar-refractivity contribution in [1.82, 2.24) is 9.97 Å². The summed E-state index contributed by atoms with van der Waals surface area (Å²) in [5.41, 5.74) is 8.09. The van der Waals surface area contributed by atoms with E-state index in [0.717, 1.165) is 26.6 Å². The van der Waals surface area contributed by atoms with Crippen LogP contribution in [0.5, 0.6) is 0 Å². The largest absolute Gasteiger partial charge is 0.383 e. The number of halogens is 2. The first-order valence-electron chi connectivity index (χ1n) is 6.19. The van der Waals surface area contributed by atoms with Gasteiger partial charge < -0.3 is 5.73 Å². The van der Waals surface area contributed by atoms with E-state index in [0.29, 0.717) is 18.2 Å². The van der Waals surface area contributed by atoms with E-state index in [4.69, 9.17) is 17.3 Å². The molecule has 0 spiro atoms. The fraction of sp³-hybridized carbons (Fsp3) is 0.286. The van der Waals surface area contributed by atoms with E-state index in [1.54, 1.807) is 0 Å². The van der Waals surface area contributed by atoms with Gasteiger partial charge in [0.25, 0.3) is 0 Å². The molecule has 2 N–H and O–H groups in total. The van der Waals surface area contributed by atoms with Gasteiger partial charge in [-0.2, -0.15) is 0 Å². The molecule has 2 aromatic rings. The molecule has 0 bridgehead atoms. The van der Waals surface area contributed by atoms with Crippen LogP contribution in [0, 0.1) is 0 Å². The topological polar surface area (TPSA) is 51.8 Å². The van der Waals surface area contributed by atoms with Crippen molar-refractivity contribution < 1.29 is 0 Å². The van der Waals surface area contributed by atoms with Gasteiger partial charge in [0.05, 0.1) is 10.2 Å². The number of anilines is 1. The van der Waals surface area contributed by atoms with Crippen LogP contribution in [0.25, 0.3) is 0 Å². The van der Waals surface area contributed by atoms with Crippen LogP contribution in [0.3, 0.4) is 0 Å². The maximum Gasteiger partial charge on any atom is 0.141 e. The molecular formula is C14H13BrClN3. The van der Waals surface area contributed by atoms with Crippen LogP contribution in [0.1, 0.15) is 35.8 Å². The first-order valence-corrected chi connectivity index (χ1v) is 7.37. The van der Waals surface area contributed by atoms with Crippen LogP contribution in [-0.4, -0.2) is 9.97 Å². The van der Waals surface area contributed by atoms with Gasteiger partial charge in [0.15, 0.2) is 0 Å². The third-order valence-corrected chi connectivity index (χ3v) is 4.21. The molecule has 3 nitrogen and oxygen atoms in total. The molecule has 1 aliphatic carbocycles. The zero-order chi connectivity index (χ0) is 13.4. The molecule has 0 unspecified atom stereocenters. The van der Waals surface area contributed by atoms with Gasteiger partial charge in [-0.15, -0.1) is 0 Å². The predicted octanol–water partition coefficient (Wildman–Crippen LogP) is 3.94. The molecule has 3 rings (SSSR count). The molecule has 5 heteroatoms. The molecule has 0 saturated heterocycles. The summed E-state index contributed by atoms with van der Waals surface area (Å²) in [6.07, 6.45) is 3.02. The van der Waals surface area contributed by atoms with Crippen molar-refractivity contribution >= 4 is 33.3 Å². The summed E-state index contributed by atoms with van der Waals surface area (Å²) in [5, 5.41) is 0.727. The highest BCUT2D eigenvalue weighted by Gasteiger charge is 2.28. The van der Waals surface area contributed by atoms with E-state index in [-0.39, 0.29) is 0 Å². The molecule has 98 valence electrons. The molecule has 19 heavy (non-hydrogen) atoms. The third-order valence-electron chi connectivity index (χ3n) is 3.16. The Morgan fingerprint density at radius 1 is 1.32 bits per heavy atom. The van der Waals surface area contributed by atoms with Gasteiger partial charge in [-0.3, -0.25) is 0 Å². The molecule has 1 aromatic carbocycles. The lowest BCUT2D eigenvalue weighted by atomic mass is 10.1. The second-order valence-electron chi connectivity index (χ2n) is 4.81. The van der Waals surface area contributed by atoms with E-state index in [1.807, 2.05) is 24.3 Å². The van der Waals surface area contributed by atoms with E-state index in [9.17, 15) is 0 Å². The predicted molar refractivity (Wildman–Crippen MR) is 80.4 cm³/mol. The number of hydrogen-bond donors (Lipinski definition) is 1. The summed E-state index contributed by atoms with van der Waals surface area (Å²) in [7, 11) is 0. The molecule has 1 aromatic heterocycles. The smallest absolute Gasteiger partial charge is 0.141 e. The van der Waals surface area contributed by atoms with Crippen molar-refractivity contribution in [1.29, 1.82) is 0 Å². The Morgan fingerprint density at radius 2 is 2.11 bits per heavy atom. The van der Waals surface area contributed by atoms with Gasteiger partial charge >= 0.3 is 0 Å². The average molecular weight is 339 g/mol. The summed E-state index contributed by atoms with van der Waals surface area (Å²) in [5.74, 6) is 1.82. The molecule has 1 aliphatic rings. The van der Waals surface area contributed by atoms with Gasteiger partial charge in [0.2, 0.25) is 0 Å². The minimum absolute atomic E-state index is 0.522. The lowest BCUT2D eigenvalue weighted by Crippen LogP contribution is -2.05. The normalized spacial score (nSPS) is 14.6. The van der Waals surface area contributed by atoms with Crippen molar-refractivity contribution in [3.05, 3.63) is 50.8 Å². The Hall–Kier alpha value is -1.13. The quantitative estimate of drug-likeness (QED) is 0.922. The molecule has 1 fully saturated rings. The van der Waals surface area contributed by atoms with Gasteiger partial charge in [0.1, 0.15) is 11.6 Å². The van der Waals surface area contributed by atoms with Gasteiger partial charge in [0, 0.05) is 17.4 Å². The van der Waals surface area contributed by atoms with E-state index < -0.39 is 0 Å². The number of nitrogens with two attached hydrogens (primary N) is 1. The second-order valence-corrected chi connectivity index (χ2v) is 6.03. The highest BCUT2D eigenvalue weighted by molar-refractivity contribution is 9.10. The molecule has 0 radical (unpaired) electrons. The summed E-state index contributed by atoms with van der Waals surface area (Å²) in [4.78, 5) is 8.98. The molecule has 0 aliphatic heterocycles. The van der Waals surface area contributed by atoms with Gasteiger partial charge in [-0.05, 0) is 46.5 Å². The summed E-state index contributed by atoms with van der Waals surface area (Å²) < 4.78 is 0.852. The van der Waals surface area contributed by atoms with Crippen LogP contribution in [0.2, 0.25) is 5.02 Å². The van der Waals surface area contributed by atoms with Crippen molar-refractivity contribution in [2.75, 3.05) is 5.73 Å². The van der Waals surface area contributed by atoms with Gasteiger partial charge in [-0.1, -0.05) is 23.7 Å². The fourth-order valence-electron chi connectivity index (χ4n) is 2.07. The molecular weight excluding hydrogens is 326 g/mol.